The molecule has 0 aliphatic carbocycles. The van der Waals surface area contributed by atoms with Crippen molar-refractivity contribution in [1.82, 2.24) is 0 Å². The van der Waals surface area contributed by atoms with E-state index in [9.17, 15) is 18.0 Å². The predicted molar refractivity (Wildman–Crippen MR) is 61.2 cm³/mol. The molecule has 0 N–H and O–H groups in total. The molecular weight excluding hydrogens is 317 g/mol. The quantitative estimate of drug-likeness (QED) is 0.794. The molecule has 1 aromatic carbocycles. The number of hydrogen-bond donors (Lipinski definition) is 0. The number of hydrogen-bond acceptors (Lipinski definition) is 3. The van der Waals surface area contributed by atoms with Gasteiger partial charge in [0, 0.05) is 5.56 Å². The Hall–Kier alpha value is -1.24. The van der Waals surface area contributed by atoms with Crippen molar-refractivity contribution in [3.05, 3.63) is 28.6 Å². The second-order valence-corrected chi connectivity index (χ2v) is 3.60. The summed E-state index contributed by atoms with van der Waals surface area (Å²) < 4.78 is 49.6. The number of benzene rings is 1. The van der Waals surface area contributed by atoms with E-state index in [0.29, 0.717) is 0 Å². The normalized spacial score (nSPS) is 10.3. The van der Waals surface area contributed by atoms with Crippen LogP contribution in [0.3, 0.4) is 0 Å². The van der Waals surface area contributed by atoms with Crippen LogP contribution >= 0.6 is 16.3 Å². The lowest BCUT2D eigenvalue weighted by atomic mass is 10.0. The molecule has 0 bridgehead atoms. The third kappa shape index (κ3) is 2.45. The molecule has 0 heterocycles. The van der Waals surface area contributed by atoms with Gasteiger partial charge >= 0.3 is 5.97 Å². The fourth-order valence-corrected chi connectivity index (χ4v) is 1.73. The van der Waals surface area contributed by atoms with Crippen LogP contribution in [0.25, 0.3) is 0 Å². The molecule has 0 aliphatic rings. The molecule has 1 rings (SSSR count). The highest BCUT2D eigenvalue weighted by Gasteiger charge is 2.29. The summed E-state index contributed by atoms with van der Waals surface area (Å²) in [6, 6.07) is 0. The summed E-state index contributed by atoms with van der Waals surface area (Å²) in [5.74, 6) is -6.41. The van der Waals surface area contributed by atoms with E-state index in [1.54, 1.807) is 13.8 Å². The summed E-state index contributed by atoms with van der Waals surface area (Å²) in [5.41, 5.74) is -0.741. The van der Waals surface area contributed by atoms with E-state index in [1.165, 1.54) is 0 Å². The average molecular weight is 327 g/mol. The molecule has 18 heavy (non-hydrogen) atoms. The maximum absolute atomic E-state index is 13.6. The van der Waals surface area contributed by atoms with Crippen LogP contribution in [-0.2, 0) is 10.2 Å². The van der Waals surface area contributed by atoms with Crippen molar-refractivity contribution in [2.75, 3.05) is 6.61 Å². The monoisotopic (exact) mass is 326 g/mol. The zero-order valence-electron chi connectivity index (χ0n) is 9.65. The van der Waals surface area contributed by atoms with Crippen LogP contribution in [0.5, 0.6) is 5.75 Å². The molecule has 1 aromatic rings. The molecule has 0 fully saturated rings. The zero-order chi connectivity index (χ0) is 13.9. The van der Waals surface area contributed by atoms with Gasteiger partial charge in [0.1, 0.15) is 5.56 Å². The lowest BCUT2D eigenvalue weighted by Gasteiger charge is -2.14. The van der Waals surface area contributed by atoms with Crippen molar-refractivity contribution in [2.45, 2.75) is 20.3 Å². The van der Waals surface area contributed by atoms with Gasteiger partial charge in [0.2, 0.25) is 5.82 Å². The van der Waals surface area contributed by atoms with E-state index in [-0.39, 0.29) is 18.6 Å². The predicted octanol–water partition coefficient (Wildman–Crippen LogP) is 3.53. The van der Waals surface area contributed by atoms with Crippen LogP contribution in [-0.4, -0.2) is 12.6 Å². The zero-order valence-corrected chi connectivity index (χ0v) is 11.2. The van der Waals surface area contributed by atoms with Crippen LogP contribution in [0.1, 0.15) is 29.8 Å². The van der Waals surface area contributed by atoms with Gasteiger partial charge in [0.15, 0.2) is 33.6 Å². The summed E-state index contributed by atoms with van der Waals surface area (Å²) in [6.07, 6.45) is 0.0842. The Kier molecular flexibility index (Phi) is 5.01. The van der Waals surface area contributed by atoms with Crippen molar-refractivity contribution >= 4 is 22.2 Å². The molecule has 0 saturated heterocycles. The third-order valence-corrected chi connectivity index (χ3v) is 2.59. The first-order valence-electron chi connectivity index (χ1n) is 5.14. The first-order chi connectivity index (χ1) is 8.49. The Morgan fingerprint density at radius 2 is 1.78 bits per heavy atom. The average Bonchev–Trinajstić information content (AvgIpc) is 2.38. The topological polar surface area (TPSA) is 35.5 Å². The maximum atomic E-state index is 13.6. The molecule has 0 radical (unpaired) electrons. The Labute approximate surface area is 110 Å². The van der Waals surface area contributed by atoms with Crippen LogP contribution < -0.4 is 4.74 Å². The second kappa shape index (κ2) is 6.08. The number of carbonyl (C=O) groups excluding carboxylic acids is 1. The number of rotatable bonds is 4. The fourth-order valence-electron chi connectivity index (χ4n) is 1.57. The molecule has 3 nitrogen and oxygen atoms in total. The van der Waals surface area contributed by atoms with Gasteiger partial charge in [0.05, 0.1) is 6.61 Å². The maximum Gasteiger partial charge on any atom is 0.353 e. The van der Waals surface area contributed by atoms with Crippen molar-refractivity contribution in [3.63, 3.8) is 0 Å². The van der Waals surface area contributed by atoms with Gasteiger partial charge in [-0.15, -0.1) is 0 Å². The van der Waals surface area contributed by atoms with Gasteiger partial charge < -0.3 is 8.57 Å². The highest BCUT2D eigenvalue weighted by atomic mass is 79.9. The molecule has 0 saturated carbocycles. The lowest BCUT2D eigenvalue weighted by molar-refractivity contribution is 0.0773. The van der Waals surface area contributed by atoms with Crippen molar-refractivity contribution < 1.29 is 26.5 Å². The van der Waals surface area contributed by atoms with E-state index in [1.807, 2.05) is 0 Å². The molecule has 0 spiro atoms. The smallest absolute Gasteiger partial charge is 0.353 e. The summed E-state index contributed by atoms with van der Waals surface area (Å²) in [5, 5.41) is 0. The van der Waals surface area contributed by atoms with Crippen LogP contribution in [0.2, 0.25) is 0 Å². The molecule has 0 aliphatic heterocycles. The minimum atomic E-state index is -1.76. The van der Waals surface area contributed by atoms with E-state index < -0.39 is 34.7 Å². The number of carbonyl (C=O) groups is 1. The highest BCUT2D eigenvalue weighted by Crippen LogP contribution is 2.32. The second-order valence-electron chi connectivity index (χ2n) is 3.28. The number of halogens is 4. The van der Waals surface area contributed by atoms with E-state index >= 15 is 0 Å². The summed E-state index contributed by atoms with van der Waals surface area (Å²) in [7, 11) is 0. The van der Waals surface area contributed by atoms with Gasteiger partial charge in [-0.25, -0.2) is 13.6 Å². The molecule has 0 aromatic heterocycles. The van der Waals surface area contributed by atoms with Crippen molar-refractivity contribution in [3.8, 4) is 5.75 Å². The Bertz CT molecular complexity index is 477. The third-order valence-electron chi connectivity index (χ3n) is 2.30. The van der Waals surface area contributed by atoms with Gasteiger partial charge in [-0.05, 0) is 13.3 Å². The van der Waals surface area contributed by atoms with Crippen molar-refractivity contribution in [1.29, 1.82) is 0 Å². The molecule has 100 valence electrons. The molecular formula is C11H10BrF3O3. The van der Waals surface area contributed by atoms with Gasteiger partial charge in [0.25, 0.3) is 0 Å². The lowest BCUT2D eigenvalue weighted by Crippen LogP contribution is -2.13. The Balaban J connectivity index is 3.63. The van der Waals surface area contributed by atoms with Gasteiger partial charge in [-0.2, -0.15) is 4.39 Å². The van der Waals surface area contributed by atoms with E-state index in [0.717, 1.165) is 0 Å². The molecule has 7 heteroatoms. The number of ether oxygens (including phenoxy) is 1. The van der Waals surface area contributed by atoms with E-state index in [4.69, 9.17) is 4.74 Å². The van der Waals surface area contributed by atoms with E-state index in [2.05, 4.69) is 20.1 Å². The van der Waals surface area contributed by atoms with Crippen LogP contribution in [0.4, 0.5) is 13.2 Å². The minimum Gasteiger partial charge on any atom is -0.490 e. The fraction of sp³-hybridized carbons (Fsp3) is 0.364. The summed E-state index contributed by atoms with van der Waals surface area (Å²) in [4.78, 5) is 11.4. The summed E-state index contributed by atoms with van der Waals surface area (Å²) in [6.45, 7) is 3.17. The van der Waals surface area contributed by atoms with Crippen LogP contribution in [0.15, 0.2) is 0 Å². The SMILES string of the molecule is CCOc1c(F)c(F)c(F)c(C(=O)OBr)c1CC. The summed E-state index contributed by atoms with van der Waals surface area (Å²) >= 11 is 2.38. The molecule has 0 unspecified atom stereocenters. The Morgan fingerprint density at radius 3 is 2.22 bits per heavy atom. The van der Waals surface area contributed by atoms with Gasteiger partial charge in [-0.1, -0.05) is 6.92 Å². The Morgan fingerprint density at radius 1 is 1.17 bits per heavy atom. The minimum absolute atomic E-state index is 0.0534. The van der Waals surface area contributed by atoms with Crippen molar-refractivity contribution in [2.24, 2.45) is 0 Å². The largest absolute Gasteiger partial charge is 0.490 e. The standard InChI is InChI=1S/C11H10BrF3O3/c1-3-5-6(11(16)18-12)7(13)8(14)9(15)10(5)17-4-2/h3-4H2,1-2H3. The highest BCUT2D eigenvalue weighted by molar-refractivity contribution is 9.06. The van der Waals surface area contributed by atoms with Gasteiger partial charge in [-0.3, -0.25) is 0 Å². The molecule has 0 amide bonds. The first-order valence-corrected chi connectivity index (χ1v) is 5.79. The van der Waals surface area contributed by atoms with Crippen LogP contribution in [0, 0.1) is 17.5 Å². The molecule has 0 atom stereocenters. The first kappa shape index (κ1) is 14.8.